The molecule has 16 heavy (non-hydrogen) atoms. The van der Waals surface area contributed by atoms with Crippen LogP contribution in [0.4, 0.5) is 0 Å². The zero-order valence-corrected chi connectivity index (χ0v) is 9.38. The summed E-state index contributed by atoms with van der Waals surface area (Å²) in [7, 11) is 0. The maximum atomic E-state index is 9.02. The molecule has 1 heterocycles. The van der Waals surface area contributed by atoms with Crippen molar-refractivity contribution in [2.45, 2.75) is 19.9 Å². The van der Waals surface area contributed by atoms with Crippen LogP contribution in [0.15, 0.2) is 36.5 Å². The number of hydrogen-bond donors (Lipinski definition) is 0. The van der Waals surface area contributed by atoms with E-state index in [1.165, 1.54) is 5.56 Å². The topological polar surface area (TPSA) is 41.6 Å². The minimum absolute atomic E-state index is 0.137. The molecular formula is C13H13N3. The molecule has 0 aliphatic carbocycles. The number of nitriles is 1. The average molecular weight is 211 g/mol. The fourth-order valence-electron chi connectivity index (χ4n) is 1.91. The third-order valence-electron chi connectivity index (χ3n) is 2.77. The van der Waals surface area contributed by atoms with Crippen LogP contribution in [0.1, 0.15) is 30.0 Å². The van der Waals surface area contributed by atoms with Gasteiger partial charge in [-0.1, -0.05) is 30.3 Å². The van der Waals surface area contributed by atoms with Crippen LogP contribution in [0.2, 0.25) is 0 Å². The molecule has 0 unspecified atom stereocenters. The van der Waals surface area contributed by atoms with Crippen molar-refractivity contribution in [2.75, 3.05) is 0 Å². The Morgan fingerprint density at radius 1 is 1.31 bits per heavy atom. The van der Waals surface area contributed by atoms with Crippen molar-refractivity contribution >= 4 is 0 Å². The van der Waals surface area contributed by atoms with E-state index in [1.54, 1.807) is 6.20 Å². The molecule has 2 aromatic rings. The van der Waals surface area contributed by atoms with Gasteiger partial charge >= 0.3 is 0 Å². The lowest BCUT2D eigenvalue weighted by Crippen LogP contribution is -2.10. The van der Waals surface area contributed by atoms with Crippen molar-refractivity contribution in [1.82, 2.24) is 9.55 Å². The lowest BCUT2D eigenvalue weighted by atomic mass is 10.1. The molecule has 0 N–H and O–H groups in total. The fraction of sp³-hybridized carbons (Fsp3) is 0.231. The van der Waals surface area contributed by atoms with E-state index < -0.39 is 0 Å². The van der Waals surface area contributed by atoms with E-state index in [1.807, 2.05) is 29.7 Å². The third kappa shape index (κ3) is 1.70. The average Bonchev–Trinajstić information content (AvgIpc) is 2.70. The van der Waals surface area contributed by atoms with Crippen LogP contribution in [0.5, 0.6) is 0 Å². The van der Waals surface area contributed by atoms with Gasteiger partial charge in [0.2, 0.25) is 0 Å². The van der Waals surface area contributed by atoms with Gasteiger partial charge in [-0.05, 0) is 19.4 Å². The van der Waals surface area contributed by atoms with Crippen LogP contribution in [-0.2, 0) is 0 Å². The summed E-state index contributed by atoms with van der Waals surface area (Å²) in [5, 5.41) is 9.02. The number of aromatic nitrogens is 2. The normalized spacial score (nSPS) is 12.1. The summed E-state index contributed by atoms with van der Waals surface area (Å²) < 4.78 is 1.95. The molecule has 2 rings (SSSR count). The first-order valence-corrected chi connectivity index (χ1v) is 5.23. The second-order valence-electron chi connectivity index (χ2n) is 3.76. The van der Waals surface area contributed by atoms with E-state index in [0.29, 0.717) is 5.69 Å². The number of nitrogens with zero attached hydrogens (tertiary/aromatic N) is 3. The first-order chi connectivity index (χ1) is 7.74. The lowest BCUT2D eigenvalue weighted by Gasteiger charge is -2.16. The van der Waals surface area contributed by atoms with E-state index in [2.05, 4.69) is 30.1 Å². The highest BCUT2D eigenvalue weighted by atomic mass is 15.1. The van der Waals surface area contributed by atoms with Crippen molar-refractivity contribution in [3.8, 4) is 6.07 Å². The van der Waals surface area contributed by atoms with E-state index in [0.717, 1.165) is 5.82 Å². The van der Waals surface area contributed by atoms with Gasteiger partial charge in [-0.25, -0.2) is 4.98 Å². The Hall–Kier alpha value is -2.08. The van der Waals surface area contributed by atoms with Crippen molar-refractivity contribution in [1.29, 1.82) is 5.26 Å². The Morgan fingerprint density at radius 3 is 2.62 bits per heavy atom. The Balaban J connectivity index is 2.46. The van der Waals surface area contributed by atoms with E-state index in [9.17, 15) is 0 Å². The summed E-state index contributed by atoms with van der Waals surface area (Å²) in [6.07, 6.45) is 1.62. The van der Waals surface area contributed by atoms with Crippen LogP contribution < -0.4 is 0 Å². The highest BCUT2D eigenvalue weighted by Gasteiger charge is 2.13. The minimum atomic E-state index is 0.137. The summed E-state index contributed by atoms with van der Waals surface area (Å²) in [5.74, 6) is 0.868. The largest absolute Gasteiger partial charge is 0.313 e. The first-order valence-electron chi connectivity index (χ1n) is 5.23. The Morgan fingerprint density at radius 2 is 2.00 bits per heavy atom. The van der Waals surface area contributed by atoms with Crippen molar-refractivity contribution < 1.29 is 0 Å². The molecule has 0 amide bonds. The summed E-state index contributed by atoms with van der Waals surface area (Å²) >= 11 is 0. The predicted octanol–water partition coefficient (Wildman–Crippen LogP) is 2.67. The predicted molar refractivity (Wildman–Crippen MR) is 61.9 cm³/mol. The molecule has 3 heteroatoms. The van der Waals surface area contributed by atoms with Gasteiger partial charge in [0.25, 0.3) is 0 Å². The molecule has 80 valence electrons. The summed E-state index contributed by atoms with van der Waals surface area (Å²) in [6.45, 7) is 3.99. The van der Waals surface area contributed by atoms with Crippen LogP contribution in [0, 0.1) is 18.3 Å². The molecule has 3 nitrogen and oxygen atoms in total. The van der Waals surface area contributed by atoms with Gasteiger partial charge in [0.15, 0.2) is 0 Å². The Kier molecular flexibility index (Phi) is 2.74. The minimum Gasteiger partial charge on any atom is -0.313 e. The van der Waals surface area contributed by atoms with Crippen LogP contribution in [0.3, 0.4) is 0 Å². The summed E-state index contributed by atoms with van der Waals surface area (Å²) in [5.41, 5.74) is 1.79. The molecule has 1 atom stereocenters. The monoisotopic (exact) mass is 211 g/mol. The van der Waals surface area contributed by atoms with Crippen LogP contribution >= 0.6 is 0 Å². The molecule has 0 aliphatic rings. The molecule has 0 aliphatic heterocycles. The molecule has 0 spiro atoms. The molecule has 0 saturated carbocycles. The van der Waals surface area contributed by atoms with E-state index in [-0.39, 0.29) is 6.04 Å². The van der Waals surface area contributed by atoms with E-state index >= 15 is 0 Å². The molecular weight excluding hydrogens is 198 g/mol. The van der Waals surface area contributed by atoms with Gasteiger partial charge in [0, 0.05) is 0 Å². The van der Waals surface area contributed by atoms with Gasteiger partial charge in [-0.15, -0.1) is 0 Å². The number of imidazole rings is 1. The van der Waals surface area contributed by atoms with Crippen molar-refractivity contribution in [3.63, 3.8) is 0 Å². The van der Waals surface area contributed by atoms with Crippen molar-refractivity contribution in [2.24, 2.45) is 0 Å². The number of benzene rings is 1. The van der Waals surface area contributed by atoms with Crippen molar-refractivity contribution in [3.05, 3.63) is 53.6 Å². The maximum absolute atomic E-state index is 9.02. The highest BCUT2D eigenvalue weighted by molar-refractivity contribution is 5.26. The number of hydrogen-bond acceptors (Lipinski definition) is 2. The van der Waals surface area contributed by atoms with Gasteiger partial charge in [0.1, 0.15) is 17.6 Å². The Labute approximate surface area is 95.0 Å². The van der Waals surface area contributed by atoms with Crippen LogP contribution in [-0.4, -0.2) is 9.55 Å². The standard InChI is InChI=1S/C13H13N3/c1-10(12-6-4-3-5-7-12)16-11(2)15-9-13(16)8-14/h3-7,9-10H,1-2H3/t10-/m1/s1. The maximum Gasteiger partial charge on any atom is 0.140 e. The smallest absolute Gasteiger partial charge is 0.140 e. The molecule has 0 radical (unpaired) electrons. The summed E-state index contributed by atoms with van der Waals surface area (Å²) in [4.78, 5) is 4.17. The second-order valence-corrected chi connectivity index (χ2v) is 3.76. The summed E-state index contributed by atoms with van der Waals surface area (Å²) in [6, 6.07) is 12.4. The second kappa shape index (κ2) is 4.19. The first kappa shape index (κ1) is 10.4. The zero-order valence-electron chi connectivity index (χ0n) is 9.38. The SMILES string of the molecule is Cc1ncc(C#N)n1[C@H](C)c1ccccc1. The third-order valence-corrected chi connectivity index (χ3v) is 2.77. The quantitative estimate of drug-likeness (QED) is 0.766. The lowest BCUT2D eigenvalue weighted by molar-refractivity contribution is 0.612. The fourth-order valence-corrected chi connectivity index (χ4v) is 1.91. The van der Waals surface area contributed by atoms with Gasteiger partial charge in [0.05, 0.1) is 12.2 Å². The molecule has 0 saturated heterocycles. The van der Waals surface area contributed by atoms with Gasteiger partial charge < -0.3 is 4.57 Å². The molecule has 0 fully saturated rings. The highest BCUT2D eigenvalue weighted by Crippen LogP contribution is 2.20. The number of aryl methyl sites for hydroxylation is 1. The molecule has 0 bridgehead atoms. The molecule has 1 aromatic heterocycles. The zero-order chi connectivity index (χ0) is 11.5. The van der Waals surface area contributed by atoms with Crippen LogP contribution in [0.25, 0.3) is 0 Å². The number of rotatable bonds is 2. The van der Waals surface area contributed by atoms with Gasteiger partial charge in [-0.2, -0.15) is 5.26 Å². The molecule has 1 aromatic carbocycles. The van der Waals surface area contributed by atoms with Gasteiger partial charge in [-0.3, -0.25) is 0 Å². The van der Waals surface area contributed by atoms with E-state index in [4.69, 9.17) is 5.26 Å². The Bertz CT molecular complexity index is 520.